The average molecular weight is 241 g/mol. The number of hydrogen-bond donors (Lipinski definition) is 3. The number of nitrogens with zero attached hydrogens (tertiary/aromatic N) is 1. The third-order valence-electron chi connectivity index (χ3n) is 3.49. The SMILES string of the molecule is CC(C)C1CCCCC1NC(=O)CC(N)=NO. The Morgan fingerprint density at radius 3 is 2.71 bits per heavy atom. The summed E-state index contributed by atoms with van der Waals surface area (Å²) in [4.78, 5) is 11.7. The molecule has 0 aliphatic heterocycles. The van der Waals surface area contributed by atoms with Gasteiger partial charge in [0.1, 0.15) is 5.84 Å². The Bertz CT molecular complexity index is 289. The molecule has 1 aliphatic rings. The highest BCUT2D eigenvalue weighted by molar-refractivity contribution is 5.98. The van der Waals surface area contributed by atoms with Crippen molar-refractivity contribution >= 4 is 11.7 Å². The third-order valence-corrected chi connectivity index (χ3v) is 3.49. The van der Waals surface area contributed by atoms with Crippen molar-refractivity contribution in [3.05, 3.63) is 0 Å². The number of nitrogens with two attached hydrogens (primary N) is 1. The fraction of sp³-hybridized carbons (Fsp3) is 0.833. The molecule has 0 heterocycles. The van der Waals surface area contributed by atoms with Gasteiger partial charge in [-0.15, -0.1) is 0 Å². The van der Waals surface area contributed by atoms with E-state index in [-0.39, 0.29) is 24.2 Å². The number of nitrogens with one attached hydrogen (secondary N) is 1. The van der Waals surface area contributed by atoms with Crippen molar-refractivity contribution in [1.82, 2.24) is 5.32 Å². The summed E-state index contributed by atoms with van der Waals surface area (Å²) in [5, 5.41) is 14.2. The second-order valence-electron chi connectivity index (χ2n) is 5.13. The van der Waals surface area contributed by atoms with E-state index < -0.39 is 0 Å². The first-order valence-corrected chi connectivity index (χ1v) is 6.30. The molecule has 1 rings (SSSR count). The summed E-state index contributed by atoms with van der Waals surface area (Å²) in [5.74, 6) is 0.918. The molecule has 17 heavy (non-hydrogen) atoms. The second kappa shape index (κ2) is 6.47. The predicted octanol–water partition coefficient (Wildman–Crippen LogP) is 1.45. The van der Waals surface area contributed by atoms with Crippen LogP contribution in [-0.2, 0) is 4.79 Å². The molecule has 98 valence electrons. The molecule has 0 aromatic carbocycles. The van der Waals surface area contributed by atoms with Gasteiger partial charge in [0.05, 0.1) is 6.42 Å². The van der Waals surface area contributed by atoms with E-state index in [4.69, 9.17) is 10.9 Å². The zero-order valence-electron chi connectivity index (χ0n) is 10.6. The van der Waals surface area contributed by atoms with Gasteiger partial charge in [-0.2, -0.15) is 0 Å². The van der Waals surface area contributed by atoms with Gasteiger partial charge in [0.25, 0.3) is 0 Å². The maximum absolute atomic E-state index is 11.7. The molecule has 1 fully saturated rings. The number of oxime groups is 1. The van der Waals surface area contributed by atoms with E-state index in [9.17, 15) is 4.79 Å². The lowest BCUT2D eigenvalue weighted by molar-refractivity contribution is -0.121. The van der Waals surface area contributed by atoms with Crippen LogP contribution in [0.3, 0.4) is 0 Å². The van der Waals surface area contributed by atoms with E-state index in [2.05, 4.69) is 24.3 Å². The molecular weight excluding hydrogens is 218 g/mol. The standard InChI is InChI=1S/C12H23N3O2/c1-8(2)9-5-3-4-6-10(9)14-12(16)7-11(13)15-17/h8-10,17H,3-7H2,1-2H3,(H2,13,15)(H,14,16). The lowest BCUT2D eigenvalue weighted by Gasteiger charge is -2.34. The van der Waals surface area contributed by atoms with E-state index in [0.29, 0.717) is 11.8 Å². The Balaban J connectivity index is 2.50. The van der Waals surface area contributed by atoms with Gasteiger partial charge in [0.2, 0.25) is 5.91 Å². The van der Waals surface area contributed by atoms with Crippen molar-refractivity contribution in [2.45, 2.75) is 52.0 Å². The van der Waals surface area contributed by atoms with Crippen LogP contribution in [0.15, 0.2) is 5.16 Å². The molecule has 1 aliphatic carbocycles. The predicted molar refractivity (Wildman–Crippen MR) is 66.8 cm³/mol. The number of amides is 1. The molecule has 0 saturated heterocycles. The Kier molecular flexibility index (Phi) is 5.25. The highest BCUT2D eigenvalue weighted by Gasteiger charge is 2.28. The Hall–Kier alpha value is -1.26. The number of carbonyl (C=O) groups is 1. The van der Waals surface area contributed by atoms with E-state index in [0.717, 1.165) is 12.8 Å². The normalized spacial score (nSPS) is 25.9. The van der Waals surface area contributed by atoms with Crippen LogP contribution in [0.1, 0.15) is 46.0 Å². The van der Waals surface area contributed by atoms with Crippen molar-refractivity contribution in [1.29, 1.82) is 0 Å². The van der Waals surface area contributed by atoms with Gasteiger partial charge in [0.15, 0.2) is 0 Å². The Morgan fingerprint density at radius 1 is 1.47 bits per heavy atom. The molecule has 2 unspecified atom stereocenters. The first-order chi connectivity index (χ1) is 8.04. The first-order valence-electron chi connectivity index (χ1n) is 6.30. The van der Waals surface area contributed by atoms with E-state index in [1.807, 2.05) is 0 Å². The van der Waals surface area contributed by atoms with Crippen LogP contribution in [-0.4, -0.2) is 23.0 Å². The minimum atomic E-state index is -0.155. The number of hydrogen-bond acceptors (Lipinski definition) is 3. The second-order valence-corrected chi connectivity index (χ2v) is 5.13. The van der Waals surface area contributed by atoms with Gasteiger partial charge in [0, 0.05) is 6.04 Å². The van der Waals surface area contributed by atoms with Crippen LogP contribution in [0.2, 0.25) is 0 Å². The lowest BCUT2D eigenvalue weighted by Crippen LogP contribution is -2.44. The lowest BCUT2D eigenvalue weighted by atomic mass is 9.78. The molecule has 0 aromatic heterocycles. The van der Waals surface area contributed by atoms with Crippen molar-refractivity contribution in [3.8, 4) is 0 Å². The van der Waals surface area contributed by atoms with Crippen LogP contribution in [0, 0.1) is 11.8 Å². The summed E-state index contributed by atoms with van der Waals surface area (Å²) in [6.45, 7) is 4.39. The molecule has 0 radical (unpaired) electrons. The van der Waals surface area contributed by atoms with Crippen LogP contribution >= 0.6 is 0 Å². The highest BCUT2D eigenvalue weighted by Crippen LogP contribution is 2.30. The van der Waals surface area contributed by atoms with Crippen molar-refractivity contribution in [2.24, 2.45) is 22.7 Å². The zero-order chi connectivity index (χ0) is 12.8. The molecule has 0 aromatic rings. The van der Waals surface area contributed by atoms with Crippen LogP contribution in [0.4, 0.5) is 0 Å². The average Bonchev–Trinajstić information content (AvgIpc) is 2.29. The summed E-state index contributed by atoms with van der Waals surface area (Å²) in [7, 11) is 0. The van der Waals surface area contributed by atoms with Crippen molar-refractivity contribution in [2.75, 3.05) is 0 Å². The summed E-state index contributed by atoms with van der Waals surface area (Å²) in [6.07, 6.45) is 4.59. The number of rotatable bonds is 4. The Labute approximate surface area is 102 Å². The minimum absolute atomic E-state index is 0.0299. The number of carbonyl (C=O) groups excluding carboxylic acids is 1. The maximum Gasteiger partial charge on any atom is 0.227 e. The van der Waals surface area contributed by atoms with Gasteiger partial charge in [-0.05, 0) is 24.7 Å². The van der Waals surface area contributed by atoms with Crippen LogP contribution in [0.5, 0.6) is 0 Å². The maximum atomic E-state index is 11.7. The largest absolute Gasteiger partial charge is 0.409 e. The molecule has 0 spiro atoms. The van der Waals surface area contributed by atoms with E-state index >= 15 is 0 Å². The van der Waals surface area contributed by atoms with Crippen LogP contribution < -0.4 is 11.1 Å². The van der Waals surface area contributed by atoms with Gasteiger partial charge in [-0.3, -0.25) is 4.79 Å². The molecule has 1 amide bonds. The van der Waals surface area contributed by atoms with Gasteiger partial charge < -0.3 is 16.3 Å². The van der Waals surface area contributed by atoms with Crippen LogP contribution in [0.25, 0.3) is 0 Å². The number of amidine groups is 1. The molecule has 1 saturated carbocycles. The third kappa shape index (κ3) is 4.24. The molecular formula is C12H23N3O2. The molecule has 4 N–H and O–H groups in total. The summed E-state index contributed by atoms with van der Waals surface area (Å²) < 4.78 is 0. The zero-order valence-corrected chi connectivity index (χ0v) is 10.6. The van der Waals surface area contributed by atoms with Gasteiger partial charge >= 0.3 is 0 Å². The minimum Gasteiger partial charge on any atom is -0.409 e. The smallest absolute Gasteiger partial charge is 0.227 e. The van der Waals surface area contributed by atoms with Crippen molar-refractivity contribution in [3.63, 3.8) is 0 Å². The molecule has 5 nitrogen and oxygen atoms in total. The van der Waals surface area contributed by atoms with Gasteiger partial charge in [-0.25, -0.2) is 0 Å². The van der Waals surface area contributed by atoms with E-state index in [1.165, 1.54) is 12.8 Å². The quantitative estimate of drug-likeness (QED) is 0.301. The Morgan fingerprint density at radius 2 is 2.12 bits per heavy atom. The molecule has 2 atom stereocenters. The molecule has 5 heteroatoms. The van der Waals surface area contributed by atoms with Gasteiger partial charge in [-0.1, -0.05) is 31.8 Å². The van der Waals surface area contributed by atoms with Crippen molar-refractivity contribution < 1.29 is 10.0 Å². The molecule has 0 bridgehead atoms. The fourth-order valence-electron chi connectivity index (χ4n) is 2.59. The monoisotopic (exact) mass is 241 g/mol. The summed E-state index contributed by atoms with van der Waals surface area (Å²) >= 11 is 0. The van der Waals surface area contributed by atoms with E-state index in [1.54, 1.807) is 0 Å². The first kappa shape index (κ1) is 13.8. The summed E-state index contributed by atoms with van der Waals surface area (Å²) in [6, 6.07) is 0.239. The highest BCUT2D eigenvalue weighted by atomic mass is 16.4. The summed E-state index contributed by atoms with van der Waals surface area (Å²) in [5.41, 5.74) is 5.31. The fourth-order valence-corrected chi connectivity index (χ4v) is 2.59. The topological polar surface area (TPSA) is 87.7 Å².